The Morgan fingerprint density at radius 3 is 2.23 bits per heavy atom. The lowest BCUT2D eigenvalue weighted by atomic mass is 10.4. The summed E-state index contributed by atoms with van der Waals surface area (Å²) in [6, 6.07) is -1.68. The quantitative estimate of drug-likeness (QED) is 0.381. The standard InChI is InChI=1S/C7H15Cl3O2Si/c1-11-5-6-12-4-2-3-7-13(8,9)10/h2-7H2,1H3. The number of ether oxygens (including phenoxy) is 2. The molecule has 0 spiro atoms. The minimum atomic E-state index is -2.40. The molecule has 0 unspecified atom stereocenters. The second-order valence-electron chi connectivity index (χ2n) is 2.68. The zero-order valence-corrected chi connectivity index (χ0v) is 11.0. The normalized spacial score (nSPS) is 12.0. The summed E-state index contributed by atoms with van der Waals surface area (Å²) < 4.78 is 10.1. The molecule has 13 heavy (non-hydrogen) atoms. The van der Waals surface area contributed by atoms with Crippen molar-refractivity contribution in [3.8, 4) is 0 Å². The van der Waals surface area contributed by atoms with Gasteiger partial charge in [-0.15, -0.1) is 33.2 Å². The van der Waals surface area contributed by atoms with E-state index in [0.29, 0.717) is 19.3 Å². The third kappa shape index (κ3) is 13.0. The van der Waals surface area contributed by atoms with Gasteiger partial charge in [-0.1, -0.05) is 6.42 Å². The van der Waals surface area contributed by atoms with E-state index in [2.05, 4.69) is 0 Å². The van der Waals surface area contributed by atoms with Crippen LogP contribution in [-0.2, 0) is 9.47 Å². The van der Waals surface area contributed by atoms with E-state index in [9.17, 15) is 0 Å². The molecule has 0 N–H and O–H groups in total. The summed E-state index contributed by atoms with van der Waals surface area (Å²) in [5.74, 6) is 0. The van der Waals surface area contributed by atoms with E-state index < -0.39 is 6.00 Å². The van der Waals surface area contributed by atoms with Crippen molar-refractivity contribution in [2.75, 3.05) is 26.9 Å². The van der Waals surface area contributed by atoms with Crippen LogP contribution >= 0.6 is 33.2 Å². The summed E-state index contributed by atoms with van der Waals surface area (Å²) in [5, 5.41) is 0. The first-order chi connectivity index (χ1) is 6.06. The van der Waals surface area contributed by atoms with Crippen LogP contribution in [-0.4, -0.2) is 32.9 Å². The number of hydrogen-bond acceptors (Lipinski definition) is 2. The molecule has 0 aliphatic carbocycles. The van der Waals surface area contributed by atoms with E-state index in [4.69, 9.17) is 42.7 Å². The molecule has 0 aliphatic heterocycles. The van der Waals surface area contributed by atoms with Crippen molar-refractivity contribution < 1.29 is 9.47 Å². The van der Waals surface area contributed by atoms with E-state index in [1.165, 1.54) is 0 Å². The Balaban J connectivity index is 3.00. The molecule has 0 atom stereocenters. The number of unbranched alkanes of at least 4 members (excludes halogenated alkanes) is 1. The van der Waals surface area contributed by atoms with E-state index in [-0.39, 0.29) is 0 Å². The zero-order valence-electron chi connectivity index (χ0n) is 7.69. The minimum absolute atomic E-state index is 0.638. The van der Waals surface area contributed by atoms with Gasteiger partial charge in [0, 0.05) is 13.7 Å². The van der Waals surface area contributed by atoms with Gasteiger partial charge in [0.25, 0.3) is 0 Å². The Labute approximate surface area is 94.6 Å². The third-order valence-corrected chi connectivity index (χ3v) is 4.05. The molecule has 0 amide bonds. The van der Waals surface area contributed by atoms with Crippen LogP contribution < -0.4 is 0 Å². The Kier molecular flexibility index (Phi) is 8.97. The zero-order chi connectivity index (χ0) is 10.2. The maximum Gasteiger partial charge on any atom is 0.341 e. The highest BCUT2D eigenvalue weighted by Crippen LogP contribution is 2.26. The maximum absolute atomic E-state index is 5.70. The molecule has 0 aliphatic rings. The van der Waals surface area contributed by atoms with Crippen LogP contribution in [0, 0.1) is 0 Å². The molecule has 0 bridgehead atoms. The minimum Gasteiger partial charge on any atom is -0.382 e. The molecule has 0 heterocycles. The van der Waals surface area contributed by atoms with E-state index in [0.717, 1.165) is 19.4 Å². The van der Waals surface area contributed by atoms with Crippen LogP contribution in [0.15, 0.2) is 0 Å². The Morgan fingerprint density at radius 2 is 1.69 bits per heavy atom. The lowest BCUT2D eigenvalue weighted by Gasteiger charge is -2.07. The SMILES string of the molecule is COCCOCCCC[Si](Cl)(Cl)Cl. The molecule has 0 rings (SSSR count). The Morgan fingerprint density at radius 1 is 1.00 bits per heavy atom. The molecule has 0 aromatic rings. The summed E-state index contributed by atoms with van der Waals surface area (Å²) >= 11 is 17.1. The summed E-state index contributed by atoms with van der Waals surface area (Å²) in [6.45, 7) is 2.00. The van der Waals surface area contributed by atoms with E-state index in [1.54, 1.807) is 7.11 Å². The molecule has 0 aromatic heterocycles. The topological polar surface area (TPSA) is 18.5 Å². The lowest BCUT2D eigenvalue weighted by Crippen LogP contribution is -2.09. The molecule has 0 aromatic carbocycles. The molecule has 0 radical (unpaired) electrons. The maximum atomic E-state index is 5.70. The van der Waals surface area contributed by atoms with Crippen LogP contribution in [0.25, 0.3) is 0 Å². The van der Waals surface area contributed by atoms with Crippen molar-refractivity contribution in [3.05, 3.63) is 0 Å². The van der Waals surface area contributed by atoms with Crippen LogP contribution in [0.1, 0.15) is 12.8 Å². The summed E-state index contributed by atoms with van der Waals surface area (Å²) in [6.07, 6.45) is 1.88. The molecule has 0 fully saturated rings. The summed E-state index contributed by atoms with van der Waals surface area (Å²) in [7, 11) is 1.65. The van der Waals surface area contributed by atoms with Gasteiger partial charge in [-0.2, -0.15) is 0 Å². The summed E-state index contributed by atoms with van der Waals surface area (Å²) in [5.41, 5.74) is 0. The average Bonchev–Trinajstić information content (AvgIpc) is 2.01. The predicted octanol–water partition coefficient (Wildman–Crippen LogP) is 3.08. The number of hydrogen-bond donors (Lipinski definition) is 0. The van der Waals surface area contributed by atoms with Gasteiger partial charge in [-0.25, -0.2) is 0 Å². The Bertz CT molecular complexity index is 119. The average molecular weight is 266 g/mol. The Hall–Kier alpha value is 1.01. The first kappa shape index (κ1) is 14.0. The largest absolute Gasteiger partial charge is 0.382 e. The third-order valence-electron chi connectivity index (χ3n) is 1.43. The first-order valence-corrected chi connectivity index (χ1v) is 9.44. The predicted molar refractivity (Wildman–Crippen MR) is 60.0 cm³/mol. The van der Waals surface area contributed by atoms with Gasteiger partial charge in [-0.3, -0.25) is 0 Å². The van der Waals surface area contributed by atoms with Gasteiger partial charge >= 0.3 is 6.00 Å². The fraction of sp³-hybridized carbons (Fsp3) is 1.00. The van der Waals surface area contributed by atoms with Crippen LogP contribution in [0.4, 0.5) is 0 Å². The van der Waals surface area contributed by atoms with Gasteiger partial charge in [0.15, 0.2) is 0 Å². The molecule has 0 saturated heterocycles. The molecular weight excluding hydrogens is 251 g/mol. The van der Waals surface area contributed by atoms with E-state index in [1.807, 2.05) is 0 Å². The first-order valence-electron chi connectivity index (χ1n) is 4.19. The lowest BCUT2D eigenvalue weighted by molar-refractivity contribution is 0.0692. The molecule has 6 heteroatoms. The molecule has 0 saturated carbocycles. The number of methoxy groups -OCH3 is 1. The molecule has 2 nitrogen and oxygen atoms in total. The van der Waals surface area contributed by atoms with Crippen molar-refractivity contribution in [1.29, 1.82) is 0 Å². The van der Waals surface area contributed by atoms with Crippen molar-refractivity contribution >= 4 is 39.2 Å². The van der Waals surface area contributed by atoms with Gasteiger partial charge in [0.1, 0.15) is 0 Å². The monoisotopic (exact) mass is 264 g/mol. The van der Waals surface area contributed by atoms with Crippen molar-refractivity contribution in [1.82, 2.24) is 0 Å². The van der Waals surface area contributed by atoms with Gasteiger partial charge in [0.05, 0.1) is 13.2 Å². The van der Waals surface area contributed by atoms with Crippen LogP contribution in [0.2, 0.25) is 6.04 Å². The van der Waals surface area contributed by atoms with Crippen LogP contribution in [0.3, 0.4) is 0 Å². The van der Waals surface area contributed by atoms with Gasteiger partial charge in [-0.05, 0) is 12.5 Å². The van der Waals surface area contributed by atoms with Gasteiger partial charge in [0.2, 0.25) is 0 Å². The second kappa shape index (κ2) is 8.33. The van der Waals surface area contributed by atoms with Crippen molar-refractivity contribution in [2.24, 2.45) is 0 Å². The molecular formula is C7H15Cl3O2Si. The van der Waals surface area contributed by atoms with E-state index >= 15 is 0 Å². The summed E-state index contributed by atoms with van der Waals surface area (Å²) in [4.78, 5) is 0. The second-order valence-corrected chi connectivity index (χ2v) is 12.0. The number of halogens is 3. The van der Waals surface area contributed by atoms with Crippen LogP contribution in [0.5, 0.6) is 0 Å². The fourth-order valence-corrected chi connectivity index (χ4v) is 2.63. The number of rotatable bonds is 8. The highest BCUT2D eigenvalue weighted by atomic mass is 35.8. The van der Waals surface area contributed by atoms with Gasteiger partial charge < -0.3 is 9.47 Å². The fourth-order valence-electron chi connectivity index (χ4n) is 0.774. The molecule has 80 valence electrons. The van der Waals surface area contributed by atoms with Crippen molar-refractivity contribution in [3.63, 3.8) is 0 Å². The highest BCUT2D eigenvalue weighted by Gasteiger charge is 2.23. The smallest absolute Gasteiger partial charge is 0.341 e. The highest BCUT2D eigenvalue weighted by molar-refractivity contribution is 7.64. The van der Waals surface area contributed by atoms with Crippen molar-refractivity contribution in [2.45, 2.75) is 18.9 Å².